The lowest BCUT2D eigenvalue weighted by Gasteiger charge is -2.09. The normalized spacial score (nSPS) is 10.4. The van der Waals surface area contributed by atoms with E-state index in [1.165, 1.54) is 0 Å². The molecular formula is C30H26O6. The maximum atomic E-state index is 11.8. The molecule has 0 aromatic heterocycles. The molecule has 182 valence electrons. The van der Waals surface area contributed by atoms with Gasteiger partial charge in [-0.1, -0.05) is 24.3 Å². The van der Waals surface area contributed by atoms with Crippen LogP contribution in [0, 0.1) is 0 Å². The fourth-order valence-electron chi connectivity index (χ4n) is 3.45. The van der Waals surface area contributed by atoms with E-state index in [9.17, 15) is 9.59 Å². The van der Waals surface area contributed by atoms with E-state index >= 15 is 0 Å². The van der Waals surface area contributed by atoms with Crippen LogP contribution in [0.15, 0.2) is 97.1 Å². The Kier molecular flexibility index (Phi) is 7.98. The van der Waals surface area contributed by atoms with Gasteiger partial charge in [-0.3, -0.25) is 0 Å². The lowest BCUT2D eigenvalue weighted by Crippen LogP contribution is -2.03. The largest absolute Gasteiger partial charge is 0.462 e. The van der Waals surface area contributed by atoms with Crippen LogP contribution in [0.5, 0.6) is 23.0 Å². The Morgan fingerprint density at radius 2 is 0.750 bits per heavy atom. The Balaban J connectivity index is 1.35. The average molecular weight is 483 g/mol. The Labute approximate surface area is 210 Å². The van der Waals surface area contributed by atoms with E-state index in [-0.39, 0.29) is 11.9 Å². The molecule has 0 spiro atoms. The third kappa shape index (κ3) is 6.30. The van der Waals surface area contributed by atoms with Gasteiger partial charge in [0.1, 0.15) is 23.0 Å². The molecule has 0 aliphatic rings. The van der Waals surface area contributed by atoms with Gasteiger partial charge in [-0.25, -0.2) is 9.59 Å². The van der Waals surface area contributed by atoms with Gasteiger partial charge in [0, 0.05) is 0 Å². The second kappa shape index (κ2) is 11.7. The number of esters is 2. The van der Waals surface area contributed by atoms with E-state index in [0.717, 1.165) is 11.1 Å². The highest BCUT2D eigenvalue weighted by Crippen LogP contribution is 2.29. The lowest BCUT2D eigenvalue weighted by atomic mass is 10.1. The average Bonchev–Trinajstić information content (AvgIpc) is 2.91. The van der Waals surface area contributed by atoms with Gasteiger partial charge in [0.2, 0.25) is 0 Å². The highest BCUT2D eigenvalue weighted by Gasteiger charge is 2.08. The van der Waals surface area contributed by atoms with Gasteiger partial charge in [-0.15, -0.1) is 0 Å². The summed E-state index contributed by atoms with van der Waals surface area (Å²) in [5.74, 6) is 1.94. The first-order valence-electron chi connectivity index (χ1n) is 11.7. The van der Waals surface area contributed by atoms with E-state index in [1.807, 2.05) is 48.5 Å². The Hall–Kier alpha value is -4.58. The zero-order valence-electron chi connectivity index (χ0n) is 20.1. The summed E-state index contributed by atoms with van der Waals surface area (Å²) in [6, 6.07) is 29.2. The van der Waals surface area contributed by atoms with Gasteiger partial charge in [-0.2, -0.15) is 0 Å². The third-order valence-electron chi connectivity index (χ3n) is 5.24. The minimum Gasteiger partial charge on any atom is -0.462 e. The van der Waals surface area contributed by atoms with Crippen molar-refractivity contribution in [1.82, 2.24) is 0 Å². The summed E-state index contributed by atoms with van der Waals surface area (Å²) in [6.07, 6.45) is 0. The summed E-state index contributed by atoms with van der Waals surface area (Å²) in [5, 5.41) is 0. The summed E-state index contributed by atoms with van der Waals surface area (Å²) < 4.78 is 21.8. The monoisotopic (exact) mass is 482 g/mol. The quantitative estimate of drug-likeness (QED) is 0.233. The number of ether oxygens (including phenoxy) is 4. The van der Waals surface area contributed by atoms with Crippen molar-refractivity contribution in [2.45, 2.75) is 13.8 Å². The summed E-state index contributed by atoms with van der Waals surface area (Å²) in [4.78, 5) is 23.5. The molecule has 0 atom stereocenters. The van der Waals surface area contributed by atoms with Gasteiger partial charge in [0.25, 0.3) is 0 Å². The van der Waals surface area contributed by atoms with Crippen molar-refractivity contribution >= 4 is 11.9 Å². The molecule has 0 radical (unpaired) electrons. The topological polar surface area (TPSA) is 71.1 Å². The summed E-state index contributed by atoms with van der Waals surface area (Å²) in [6.45, 7) is 4.23. The molecule has 4 rings (SSSR count). The van der Waals surface area contributed by atoms with Crippen molar-refractivity contribution < 1.29 is 28.5 Å². The van der Waals surface area contributed by atoms with Gasteiger partial charge in [0.05, 0.1) is 24.3 Å². The second-order valence-electron chi connectivity index (χ2n) is 7.74. The molecule has 0 aliphatic heterocycles. The smallest absolute Gasteiger partial charge is 0.338 e. The molecule has 4 aromatic rings. The van der Waals surface area contributed by atoms with Crippen LogP contribution < -0.4 is 9.47 Å². The minimum absolute atomic E-state index is 0.339. The van der Waals surface area contributed by atoms with Crippen LogP contribution >= 0.6 is 0 Å². The molecule has 0 aliphatic carbocycles. The Bertz CT molecular complexity index is 1190. The predicted octanol–water partition coefficient (Wildman–Crippen LogP) is 7.29. The predicted molar refractivity (Wildman–Crippen MR) is 137 cm³/mol. The van der Waals surface area contributed by atoms with Gasteiger partial charge in [0.15, 0.2) is 0 Å². The molecule has 6 nitrogen and oxygen atoms in total. The van der Waals surface area contributed by atoms with E-state index < -0.39 is 0 Å². The molecule has 0 bridgehead atoms. The number of hydrogen-bond donors (Lipinski definition) is 0. The number of rotatable bonds is 9. The molecule has 0 N–H and O–H groups in total. The lowest BCUT2D eigenvalue weighted by molar-refractivity contribution is 0.0516. The standard InChI is InChI=1S/C30H26O6/c1-3-33-29(31)23-9-17-27(18-10-23)35-25-13-5-21(6-14-25)22-7-15-26(16-8-22)36-28-19-11-24(12-20-28)30(32)34-4-2/h5-20H,3-4H2,1-2H3. The molecule has 0 fully saturated rings. The number of carbonyl (C=O) groups excluding carboxylic acids is 2. The maximum Gasteiger partial charge on any atom is 0.338 e. The summed E-state index contributed by atoms with van der Waals surface area (Å²) in [7, 11) is 0. The van der Waals surface area contributed by atoms with Crippen molar-refractivity contribution in [3.63, 3.8) is 0 Å². The SMILES string of the molecule is CCOC(=O)c1ccc(Oc2ccc(-c3ccc(Oc4ccc(C(=O)OCC)cc4)cc3)cc2)cc1. The molecule has 4 aromatic carbocycles. The van der Waals surface area contributed by atoms with E-state index in [4.69, 9.17) is 18.9 Å². The van der Waals surface area contributed by atoms with Crippen LogP contribution in [0.1, 0.15) is 34.6 Å². The van der Waals surface area contributed by atoms with Crippen LogP contribution in [-0.2, 0) is 9.47 Å². The van der Waals surface area contributed by atoms with Crippen molar-refractivity contribution in [2.24, 2.45) is 0 Å². The van der Waals surface area contributed by atoms with Crippen LogP contribution in [0.25, 0.3) is 11.1 Å². The number of hydrogen-bond acceptors (Lipinski definition) is 6. The Morgan fingerprint density at radius 3 is 1.03 bits per heavy atom. The first-order valence-corrected chi connectivity index (χ1v) is 11.7. The molecule has 6 heteroatoms. The van der Waals surface area contributed by atoms with Crippen molar-refractivity contribution in [3.8, 4) is 34.1 Å². The van der Waals surface area contributed by atoms with Crippen LogP contribution in [0.3, 0.4) is 0 Å². The van der Waals surface area contributed by atoms with Gasteiger partial charge in [-0.05, 0) is 97.8 Å². The molecule has 0 saturated carbocycles. The molecule has 0 unspecified atom stereocenters. The summed E-state index contributed by atoms with van der Waals surface area (Å²) in [5.41, 5.74) is 3.04. The zero-order valence-corrected chi connectivity index (χ0v) is 20.1. The third-order valence-corrected chi connectivity index (χ3v) is 5.24. The maximum absolute atomic E-state index is 11.8. The first-order chi connectivity index (χ1) is 17.6. The Morgan fingerprint density at radius 1 is 0.472 bits per heavy atom. The molecule has 0 saturated heterocycles. The zero-order chi connectivity index (χ0) is 25.3. The molecule has 36 heavy (non-hydrogen) atoms. The van der Waals surface area contributed by atoms with Crippen LogP contribution in [0.2, 0.25) is 0 Å². The first kappa shape index (κ1) is 24.5. The van der Waals surface area contributed by atoms with Crippen molar-refractivity contribution in [2.75, 3.05) is 13.2 Å². The van der Waals surface area contributed by atoms with E-state index in [2.05, 4.69) is 0 Å². The van der Waals surface area contributed by atoms with Crippen molar-refractivity contribution in [1.29, 1.82) is 0 Å². The number of benzene rings is 4. The van der Waals surface area contributed by atoms with Gasteiger partial charge >= 0.3 is 11.9 Å². The fraction of sp³-hybridized carbons (Fsp3) is 0.133. The number of carbonyl (C=O) groups is 2. The highest BCUT2D eigenvalue weighted by atomic mass is 16.5. The molecule has 0 amide bonds. The van der Waals surface area contributed by atoms with Crippen LogP contribution in [0.4, 0.5) is 0 Å². The molecule has 0 heterocycles. The fourth-order valence-corrected chi connectivity index (χ4v) is 3.45. The highest BCUT2D eigenvalue weighted by molar-refractivity contribution is 5.90. The van der Waals surface area contributed by atoms with E-state index in [1.54, 1.807) is 62.4 Å². The summed E-state index contributed by atoms with van der Waals surface area (Å²) >= 11 is 0. The van der Waals surface area contributed by atoms with E-state index in [0.29, 0.717) is 47.3 Å². The van der Waals surface area contributed by atoms with Gasteiger partial charge < -0.3 is 18.9 Å². The van der Waals surface area contributed by atoms with Crippen LogP contribution in [-0.4, -0.2) is 25.2 Å². The van der Waals surface area contributed by atoms with Crippen molar-refractivity contribution in [3.05, 3.63) is 108 Å². The molecular weight excluding hydrogens is 456 g/mol. The second-order valence-corrected chi connectivity index (χ2v) is 7.74. The minimum atomic E-state index is -0.350.